The number of hydrogen-bond donors (Lipinski definition) is 0. The van der Waals surface area contributed by atoms with Gasteiger partial charge in [0.05, 0.1) is 13.1 Å². The first-order chi connectivity index (χ1) is 5.91. The molecule has 0 amide bonds. The summed E-state index contributed by atoms with van der Waals surface area (Å²) in [6, 6.07) is 0. The van der Waals surface area contributed by atoms with Crippen LogP contribution in [0.15, 0.2) is 20.5 Å². The first-order valence-corrected chi connectivity index (χ1v) is 6.16. The molecule has 0 spiro atoms. The van der Waals surface area contributed by atoms with Crippen LogP contribution in [0.5, 0.6) is 0 Å². The van der Waals surface area contributed by atoms with E-state index in [1.807, 2.05) is 0 Å². The van der Waals surface area contributed by atoms with Crippen molar-refractivity contribution in [1.82, 2.24) is 0 Å². The third kappa shape index (κ3) is 9.90. The molecule has 0 aromatic heterocycles. The summed E-state index contributed by atoms with van der Waals surface area (Å²) in [4.78, 5) is 0. The van der Waals surface area contributed by atoms with E-state index in [0.29, 0.717) is 0 Å². The zero-order chi connectivity index (χ0) is 9.07. The summed E-state index contributed by atoms with van der Waals surface area (Å²) in [7, 11) is 7.00. The molecular weight excluding hydrogens is 192 g/mol. The van der Waals surface area contributed by atoms with Gasteiger partial charge in [-0.25, -0.2) is 0 Å². The largest absolute Gasteiger partial charge is 0.198 e. The quantitative estimate of drug-likeness (QED) is 0.365. The van der Waals surface area contributed by atoms with Gasteiger partial charge >= 0.3 is 0 Å². The summed E-state index contributed by atoms with van der Waals surface area (Å²) in [6.07, 6.45) is 0. The first kappa shape index (κ1) is 11.9. The van der Waals surface area contributed by atoms with Crippen molar-refractivity contribution in [2.45, 2.75) is 0 Å². The second-order valence-electron chi connectivity index (χ2n) is 1.77. The van der Waals surface area contributed by atoms with E-state index < -0.39 is 0 Å². The molecule has 0 rings (SSSR count). The van der Waals surface area contributed by atoms with Crippen LogP contribution in [0, 0.1) is 0 Å². The summed E-state index contributed by atoms with van der Waals surface area (Å²) in [5.74, 6) is 2.04. The molecule has 0 aromatic rings. The average Bonchev–Trinajstić information content (AvgIpc) is 2.10. The van der Waals surface area contributed by atoms with Crippen molar-refractivity contribution in [3.63, 3.8) is 0 Å². The molecule has 0 aliphatic heterocycles. The summed E-state index contributed by atoms with van der Waals surface area (Å²) in [5.41, 5.74) is 0. The van der Waals surface area contributed by atoms with E-state index in [2.05, 4.69) is 20.5 Å². The lowest BCUT2D eigenvalue weighted by Crippen LogP contribution is -1.84. The van der Waals surface area contributed by atoms with Gasteiger partial charge in [0.2, 0.25) is 0 Å². The molecule has 0 radical (unpaired) electrons. The maximum Gasteiger partial charge on any atom is 0.0697 e. The normalized spacial score (nSPS) is 11.8. The van der Waals surface area contributed by atoms with Crippen LogP contribution < -0.4 is 0 Å². The van der Waals surface area contributed by atoms with Gasteiger partial charge < -0.3 is 0 Å². The number of azo groups is 2. The topological polar surface area (TPSA) is 49.4 Å². The van der Waals surface area contributed by atoms with Crippen molar-refractivity contribution in [1.29, 1.82) is 0 Å². The molecule has 0 aliphatic carbocycles. The Kier molecular flexibility index (Phi) is 10.8. The molecule has 70 valence electrons. The van der Waals surface area contributed by atoms with Crippen LogP contribution in [-0.2, 0) is 0 Å². The maximum atomic E-state index is 3.85. The van der Waals surface area contributed by atoms with Gasteiger partial charge in [-0.2, -0.15) is 20.5 Å². The molecule has 0 saturated carbocycles. The van der Waals surface area contributed by atoms with Crippen LogP contribution in [0.3, 0.4) is 0 Å². The zero-order valence-corrected chi connectivity index (χ0v) is 9.07. The molecule has 12 heavy (non-hydrogen) atoms. The summed E-state index contributed by atoms with van der Waals surface area (Å²) >= 11 is 0. The van der Waals surface area contributed by atoms with Gasteiger partial charge in [-0.1, -0.05) is 21.6 Å². The van der Waals surface area contributed by atoms with Crippen LogP contribution in [0.2, 0.25) is 0 Å². The summed E-state index contributed by atoms with van der Waals surface area (Å²) in [6.45, 7) is 1.62. The minimum atomic E-state index is 0.809. The van der Waals surface area contributed by atoms with Gasteiger partial charge in [0.15, 0.2) is 0 Å². The van der Waals surface area contributed by atoms with E-state index in [1.165, 1.54) is 0 Å². The van der Waals surface area contributed by atoms with Crippen molar-refractivity contribution in [3.05, 3.63) is 0 Å². The smallest absolute Gasteiger partial charge is 0.0697 e. The van der Waals surface area contributed by atoms with Gasteiger partial charge in [-0.3, -0.25) is 0 Å². The molecule has 0 saturated heterocycles. The van der Waals surface area contributed by atoms with Crippen molar-refractivity contribution in [2.75, 3.05) is 38.7 Å². The highest BCUT2D eigenvalue weighted by Crippen LogP contribution is 2.20. The summed E-state index contributed by atoms with van der Waals surface area (Å²) in [5, 5.41) is 15.0. The SMILES string of the molecule is C/N=N/CCSSCC/N=N/C. The molecule has 0 N–H and O–H groups in total. The van der Waals surface area contributed by atoms with E-state index in [9.17, 15) is 0 Å². The van der Waals surface area contributed by atoms with Crippen molar-refractivity contribution in [2.24, 2.45) is 20.5 Å². The Hall–Kier alpha value is -0.100. The zero-order valence-electron chi connectivity index (χ0n) is 7.43. The minimum absolute atomic E-state index is 0.809. The second kappa shape index (κ2) is 10.9. The Morgan fingerprint density at radius 3 is 1.58 bits per heavy atom. The molecule has 0 fully saturated rings. The fourth-order valence-electron chi connectivity index (χ4n) is 0.474. The number of hydrogen-bond acceptors (Lipinski definition) is 6. The number of rotatable bonds is 7. The van der Waals surface area contributed by atoms with E-state index in [-0.39, 0.29) is 0 Å². The minimum Gasteiger partial charge on any atom is -0.198 e. The van der Waals surface area contributed by atoms with Crippen LogP contribution in [0.4, 0.5) is 0 Å². The Balaban J connectivity index is 2.91. The molecule has 0 heterocycles. The lowest BCUT2D eigenvalue weighted by Gasteiger charge is -1.94. The van der Waals surface area contributed by atoms with Gasteiger partial charge in [0.1, 0.15) is 0 Å². The fourth-order valence-corrected chi connectivity index (χ4v) is 2.18. The van der Waals surface area contributed by atoms with Crippen LogP contribution in [-0.4, -0.2) is 38.7 Å². The second-order valence-corrected chi connectivity index (χ2v) is 4.48. The van der Waals surface area contributed by atoms with Crippen LogP contribution in [0.25, 0.3) is 0 Å². The Morgan fingerprint density at radius 2 is 1.25 bits per heavy atom. The molecule has 0 atom stereocenters. The predicted octanol–water partition coefficient (Wildman–Crippen LogP) is 2.53. The molecule has 0 bridgehead atoms. The number of nitrogens with zero attached hydrogens (tertiary/aromatic N) is 4. The van der Waals surface area contributed by atoms with Crippen LogP contribution >= 0.6 is 21.6 Å². The van der Waals surface area contributed by atoms with Gasteiger partial charge in [0, 0.05) is 25.6 Å². The van der Waals surface area contributed by atoms with Crippen LogP contribution in [0.1, 0.15) is 0 Å². The molecule has 0 aliphatic rings. The lowest BCUT2D eigenvalue weighted by molar-refractivity contribution is 0.984. The monoisotopic (exact) mass is 206 g/mol. The fraction of sp³-hybridized carbons (Fsp3) is 1.00. The van der Waals surface area contributed by atoms with E-state index >= 15 is 0 Å². The van der Waals surface area contributed by atoms with Gasteiger partial charge in [-0.15, -0.1) is 0 Å². The summed E-state index contributed by atoms with van der Waals surface area (Å²) < 4.78 is 0. The van der Waals surface area contributed by atoms with Crippen molar-refractivity contribution in [3.8, 4) is 0 Å². The Labute approximate surface area is 81.1 Å². The third-order valence-electron chi connectivity index (χ3n) is 0.915. The Bertz CT molecular complexity index is 122. The average molecular weight is 206 g/mol. The molecule has 0 aromatic carbocycles. The highest BCUT2D eigenvalue weighted by molar-refractivity contribution is 8.76. The lowest BCUT2D eigenvalue weighted by atomic mass is 10.8. The van der Waals surface area contributed by atoms with Gasteiger partial charge in [-0.05, 0) is 0 Å². The van der Waals surface area contributed by atoms with Gasteiger partial charge in [0.25, 0.3) is 0 Å². The highest BCUT2D eigenvalue weighted by atomic mass is 33.1. The first-order valence-electron chi connectivity index (χ1n) is 3.67. The van der Waals surface area contributed by atoms with Crippen molar-refractivity contribution >= 4 is 21.6 Å². The molecular formula is C6H14N4S2. The van der Waals surface area contributed by atoms with E-state index in [0.717, 1.165) is 24.6 Å². The maximum absolute atomic E-state index is 3.85. The van der Waals surface area contributed by atoms with Crippen molar-refractivity contribution < 1.29 is 0 Å². The highest BCUT2D eigenvalue weighted by Gasteiger charge is 1.88. The van der Waals surface area contributed by atoms with E-state index in [4.69, 9.17) is 0 Å². The molecule has 6 heteroatoms. The van der Waals surface area contributed by atoms with E-state index in [1.54, 1.807) is 35.7 Å². The standard InChI is InChI=1S/C6H14N4S2/c1-7-9-3-5-11-12-6-4-10-8-2/h3-6H2,1-2H3/b9-7+,10-8+. The Morgan fingerprint density at radius 1 is 0.833 bits per heavy atom. The molecule has 0 unspecified atom stereocenters. The molecule has 4 nitrogen and oxygen atoms in total. The third-order valence-corrected chi connectivity index (χ3v) is 3.28. The predicted molar refractivity (Wildman–Crippen MR) is 56.2 cm³/mol.